The van der Waals surface area contributed by atoms with Crippen LogP contribution in [0, 0.1) is 0 Å². The number of para-hydroxylation sites is 4. The first-order valence-corrected chi connectivity index (χ1v) is 20.8. The van der Waals surface area contributed by atoms with Crippen molar-refractivity contribution in [2.75, 3.05) is 0 Å². The van der Waals surface area contributed by atoms with E-state index in [-0.39, 0.29) is 0 Å². The number of benzene rings is 9. The van der Waals surface area contributed by atoms with Crippen LogP contribution >= 0.6 is 0 Å². The fourth-order valence-electron chi connectivity index (χ4n) is 8.91. The van der Waals surface area contributed by atoms with E-state index in [1.165, 1.54) is 0 Å². The Morgan fingerprint density at radius 1 is 0.258 bits per heavy atom. The molecular weight excluding hydrogens is 759 g/mol. The van der Waals surface area contributed by atoms with Gasteiger partial charge in [-0.3, -0.25) is 0 Å². The maximum atomic E-state index is 6.64. The number of hydrogen-bond donors (Lipinski definition) is 0. The molecule has 0 saturated heterocycles. The van der Waals surface area contributed by atoms with E-state index in [1.807, 2.05) is 54.6 Å². The zero-order chi connectivity index (χ0) is 41.0. The molecule has 5 heteroatoms. The molecule has 12 aromatic rings. The highest BCUT2D eigenvalue weighted by atomic mass is 16.3. The molecule has 0 aliphatic carbocycles. The summed E-state index contributed by atoms with van der Waals surface area (Å²) < 4.78 is 13.3. The van der Waals surface area contributed by atoms with Gasteiger partial charge in [0.2, 0.25) is 0 Å². The van der Waals surface area contributed by atoms with Crippen molar-refractivity contribution in [1.29, 1.82) is 0 Å². The van der Waals surface area contributed by atoms with E-state index in [4.69, 9.17) is 23.8 Å². The molecule has 12 rings (SSSR count). The fourth-order valence-corrected chi connectivity index (χ4v) is 8.91. The van der Waals surface area contributed by atoms with Crippen molar-refractivity contribution in [2.45, 2.75) is 0 Å². The first kappa shape index (κ1) is 35.5. The SMILES string of the molecule is c1ccc(-c2cccc(-c3c(-c4ccccc4)ccc(-c4ccccc4)c3-c3nc(-c4cccc5c4oc4ccccc45)nc(-c4cccc5c4oc4ccccc45)n3)c2)cc1. The van der Waals surface area contributed by atoms with Crippen molar-refractivity contribution >= 4 is 43.9 Å². The highest BCUT2D eigenvalue weighted by molar-refractivity contribution is 6.11. The van der Waals surface area contributed by atoms with Crippen LogP contribution in [0.2, 0.25) is 0 Å². The predicted octanol–water partition coefficient (Wildman–Crippen LogP) is 15.3. The minimum atomic E-state index is 0.496. The smallest absolute Gasteiger partial charge is 0.167 e. The molecule has 0 atom stereocenters. The van der Waals surface area contributed by atoms with E-state index in [0.717, 1.165) is 105 Å². The Morgan fingerprint density at radius 3 is 1.21 bits per heavy atom. The van der Waals surface area contributed by atoms with Crippen molar-refractivity contribution in [2.24, 2.45) is 0 Å². The van der Waals surface area contributed by atoms with Crippen molar-refractivity contribution in [3.63, 3.8) is 0 Å². The normalized spacial score (nSPS) is 11.5. The quantitative estimate of drug-likeness (QED) is 0.161. The molecule has 0 saturated carbocycles. The van der Waals surface area contributed by atoms with E-state index in [0.29, 0.717) is 17.5 Å². The molecule has 5 nitrogen and oxygen atoms in total. The van der Waals surface area contributed by atoms with Crippen molar-refractivity contribution in [3.8, 4) is 78.7 Å². The van der Waals surface area contributed by atoms with Crippen molar-refractivity contribution < 1.29 is 8.83 Å². The van der Waals surface area contributed by atoms with E-state index < -0.39 is 0 Å². The van der Waals surface area contributed by atoms with E-state index in [9.17, 15) is 0 Å². The summed E-state index contributed by atoms with van der Waals surface area (Å²) in [5, 5.41) is 4.06. The molecule has 0 radical (unpaired) electrons. The van der Waals surface area contributed by atoms with Crippen LogP contribution in [0.4, 0.5) is 0 Å². The Morgan fingerprint density at radius 2 is 0.661 bits per heavy atom. The predicted molar refractivity (Wildman–Crippen MR) is 252 cm³/mol. The first-order valence-electron chi connectivity index (χ1n) is 20.8. The summed E-state index contributed by atoms with van der Waals surface area (Å²) in [5.74, 6) is 1.52. The monoisotopic (exact) mass is 793 g/mol. The molecule has 9 aromatic carbocycles. The van der Waals surface area contributed by atoms with Gasteiger partial charge < -0.3 is 8.83 Å². The number of furan rings is 2. The minimum Gasteiger partial charge on any atom is -0.455 e. The number of nitrogens with zero attached hydrogens (tertiary/aromatic N) is 3. The lowest BCUT2D eigenvalue weighted by atomic mass is 9.84. The van der Waals surface area contributed by atoms with Crippen LogP contribution in [-0.4, -0.2) is 15.0 Å². The summed E-state index contributed by atoms with van der Waals surface area (Å²) in [5.41, 5.74) is 14.0. The van der Waals surface area contributed by atoms with Gasteiger partial charge in [0, 0.05) is 32.7 Å². The van der Waals surface area contributed by atoms with Gasteiger partial charge in [-0.25, -0.2) is 15.0 Å². The lowest BCUT2D eigenvalue weighted by Crippen LogP contribution is -2.03. The molecule has 0 N–H and O–H groups in total. The van der Waals surface area contributed by atoms with Crippen LogP contribution in [0.25, 0.3) is 123 Å². The van der Waals surface area contributed by atoms with Crippen LogP contribution in [0.3, 0.4) is 0 Å². The average molecular weight is 794 g/mol. The second-order valence-electron chi connectivity index (χ2n) is 15.5. The van der Waals surface area contributed by atoms with Gasteiger partial charge in [-0.15, -0.1) is 0 Å². The van der Waals surface area contributed by atoms with Gasteiger partial charge in [0.05, 0.1) is 11.1 Å². The molecule has 62 heavy (non-hydrogen) atoms. The van der Waals surface area contributed by atoms with Crippen LogP contribution in [0.1, 0.15) is 0 Å². The van der Waals surface area contributed by atoms with Gasteiger partial charge in [0.1, 0.15) is 22.3 Å². The van der Waals surface area contributed by atoms with Crippen molar-refractivity contribution in [1.82, 2.24) is 15.0 Å². The lowest BCUT2D eigenvalue weighted by molar-refractivity contribution is 0.669. The number of hydrogen-bond acceptors (Lipinski definition) is 5. The summed E-state index contributed by atoms with van der Waals surface area (Å²) >= 11 is 0. The second kappa shape index (κ2) is 14.7. The van der Waals surface area contributed by atoms with Crippen LogP contribution < -0.4 is 0 Å². The minimum absolute atomic E-state index is 0.496. The van der Waals surface area contributed by atoms with Gasteiger partial charge in [0.25, 0.3) is 0 Å². The Bertz CT molecular complexity index is 3500. The molecule has 290 valence electrons. The van der Waals surface area contributed by atoms with Crippen molar-refractivity contribution in [3.05, 3.63) is 212 Å². The third-order valence-corrected chi connectivity index (χ3v) is 11.8. The molecule has 0 aliphatic heterocycles. The third-order valence-electron chi connectivity index (χ3n) is 11.8. The topological polar surface area (TPSA) is 65.0 Å². The zero-order valence-electron chi connectivity index (χ0n) is 33.4. The molecule has 3 heterocycles. The zero-order valence-corrected chi connectivity index (χ0v) is 33.4. The lowest BCUT2D eigenvalue weighted by Gasteiger charge is -2.21. The average Bonchev–Trinajstić information content (AvgIpc) is 3.93. The Kier molecular flexibility index (Phi) is 8.42. The fraction of sp³-hybridized carbons (Fsp3) is 0. The van der Waals surface area contributed by atoms with Crippen LogP contribution in [0.15, 0.2) is 221 Å². The van der Waals surface area contributed by atoms with Gasteiger partial charge in [0.15, 0.2) is 17.5 Å². The van der Waals surface area contributed by atoms with Crippen LogP contribution in [-0.2, 0) is 0 Å². The van der Waals surface area contributed by atoms with E-state index in [1.54, 1.807) is 0 Å². The molecule has 0 amide bonds. The molecule has 0 bridgehead atoms. The molecule has 3 aromatic heterocycles. The maximum Gasteiger partial charge on any atom is 0.167 e. The van der Waals surface area contributed by atoms with E-state index >= 15 is 0 Å². The van der Waals surface area contributed by atoms with Crippen LogP contribution in [0.5, 0.6) is 0 Å². The highest BCUT2D eigenvalue weighted by Crippen LogP contribution is 2.47. The number of aromatic nitrogens is 3. The summed E-state index contributed by atoms with van der Waals surface area (Å²) in [7, 11) is 0. The van der Waals surface area contributed by atoms with Gasteiger partial charge >= 0.3 is 0 Å². The first-order chi connectivity index (χ1) is 30.7. The number of rotatable bonds is 7. The molecule has 0 aliphatic rings. The summed E-state index contributed by atoms with van der Waals surface area (Å²) in [4.78, 5) is 16.4. The molecule has 0 spiro atoms. The molecule has 0 unspecified atom stereocenters. The number of fused-ring (bicyclic) bond motifs is 6. The molecular formula is C57H35N3O2. The molecule has 0 fully saturated rings. The maximum absolute atomic E-state index is 6.64. The third kappa shape index (κ3) is 5.98. The van der Waals surface area contributed by atoms with Gasteiger partial charge in [-0.1, -0.05) is 182 Å². The highest BCUT2D eigenvalue weighted by Gasteiger charge is 2.26. The Hall–Kier alpha value is -8.41. The summed E-state index contributed by atoms with van der Waals surface area (Å²) in [6, 6.07) is 73.5. The Labute approximate surface area is 357 Å². The largest absolute Gasteiger partial charge is 0.455 e. The van der Waals surface area contributed by atoms with Gasteiger partial charge in [-0.05, 0) is 69.3 Å². The summed E-state index contributed by atoms with van der Waals surface area (Å²) in [6.07, 6.45) is 0. The van der Waals surface area contributed by atoms with Gasteiger partial charge in [-0.2, -0.15) is 0 Å². The second-order valence-corrected chi connectivity index (χ2v) is 15.5. The Balaban J connectivity index is 1.22. The van der Waals surface area contributed by atoms with E-state index in [2.05, 4.69) is 158 Å². The standard InChI is InChI=1S/C57H35N3O2/c1-4-17-36(18-5-1)39-23-14-24-40(35-39)51-41(37-19-6-2-7-20-37)33-34-42(38-21-8-3-9-22-38)52(51)57-59-55(47-29-15-27-45-43-25-10-12-31-49(43)61-53(45)47)58-56(60-57)48-30-16-28-46-44-26-11-13-32-50(44)62-54(46)48/h1-35H. The summed E-state index contributed by atoms with van der Waals surface area (Å²) in [6.45, 7) is 0.